The Morgan fingerprint density at radius 1 is 1.15 bits per heavy atom. The van der Waals surface area contributed by atoms with Gasteiger partial charge in [-0.25, -0.2) is 0 Å². The van der Waals surface area contributed by atoms with Crippen LogP contribution in [-0.2, 0) is 0 Å². The van der Waals surface area contributed by atoms with E-state index in [1.165, 1.54) is 31.3 Å². The maximum Gasteiger partial charge on any atom is 0.0925 e. The number of aliphatic hydroxyl groups is 1. The molecule has 0 bridgehead atoms. The molecule has 5 unspecified atom stereocenters. The molecule has 0 aromatic carbocycles. The van der Waals surface area contributed by atoms with Crippen molar-refractivity contribution in [2.75, 3.05) is 0 Å². The van der Waals surface area contributed by atoms with E-state index < -0.39 is 0 Å². The van der Waals surface area contributed by atoms with E-state index >= 15 is 0 Å². The number of hydrogen-bond acceptors (Lipinski definition) is 1. The van der Waals surface area contributed by atoms with Gasteiger partial charge in [0.2, 0.25) is 0 Å². The molecule has 0 heterocycles. The molecule has 0 spiro atoms. The smallest absolute Gasteiger partial charge is 0.0925 e. The molecule has 4 rings (SSSR count). The molecule has 1 nitrogen and oxygen atoms in total. The Kier molecular flexibility index (Phi) is 2.56. The summed E-state index contributed by atoms with van der Waals surface area (Å²) in [7, 11) is 0. The van der Waals surface area contributed by atoms with Crippen molar-refractivity contribution in [3.8, 4) is 0 Å². The lowest BCUT2D eigenvalue weighted by molar-refractivity contribution is -0.00716. The third-order valence-electron chi connectivity index (χ3n) is 7.07. The van der Waals surface area contributed by atoms with Crippen LogP contribution in [0.3, 0.4) is 0 Å². The second-order valence-corrected chi connectivity index (χ2v) is 8.01. The van der Waals surface area contributed by atoms with Crippen molar-refractivity contribution < 1.29 is 5.11 Å². The first kappa shape index (κ1) is 12.7. The van der Waals surface area contributed by atoms with Gasteiger partial charge in [0.25, 0.3) is 0 Å². The number of fused-ring (bicyclic) bond motifs is 5. The zero-order valence-corrected chi connectivity index (χ0v) is 12.7. The Morgan fingerprint density at radius 2 is 2.00 bits per heavy atom. The maximum atomic E-state index is 9.86. The Balaban J connectivity index is 1.73. The third-order valence-corrected chi connectivity index (χ3v) is 7.07. The van der Waals surface area contributed by atoms with E-state index in [2.05, 4.69) is 38.2 Å². The number of allylic oxidation sites excluding steroid dienone is 6. The fourth-order valence-corrected chi connectivity index (χ4v) is 5.79. The monoisotopic (exact) mass is 270 g/mol. The van der Waals surface area contributed by atoms with E-state index in [4.69, 9.17) is 0 Å². The fourth-order valence-electron chi connectivity index (χ4n) is 5.79. The van der Waals surface area contributed by atoms with Crippen LogP contribution in [0, 0.1) is 28.6 Å². The van der Waals surface area contributed by atoms with Gasteiger partial charge in [-0.3, -0.25) is 0 Å². The molecule has 0 aliphatic heterocycles. The van der Waals surface area contributed by atoms with Gasteiger partial charge in [-0.2, -0.15) is 0 Å². The molecule has 4 aliphatic rings. The molecule has 0 amide bonds. The third kappa shape index (κ3) is 1.55. The van der Waals surface area contributed by atoms with E-state index in [1.807, 2.05) is 0 Å². The number of aliphatic hydroxyl groups excluding tert-OH is 1. The Labute approximate surface area is 122 Å². The van der Waals surface area contributed by atoms with Gasteiger partial charge in [-0.1, -0.05) is 32.1 Å². The minimum Gasteiger partial charge on any atom is -0.512 e. The van der Waals surface area contributed by atoms with Gasteiger partial charge in [0, 0.05) is 6.42 Å². The first-order chi connectivity index (χ1) is 9.53. The summed E-state index contributed by atoms with van der Waals surface area (Å²) in [6.45, 7) is 4.94. The Bertz CT molecular complexity index is 526. The lowest BCUT2D eigenvalue weighted by atomic mass is 9.49. The lowest BCUT2D eigenvalue weighted by Crippen LogP contribution is -2.47. The van der Waals surface area contributed by atoms with Crippen LogP contribution >= 0.6 is 0 Å². The maximum absolute atomic E-state index is 9.86. The predicted octanol–water partition coefficient (Wildman–Crippen LogP) is 5.17. The second kappa shape index (κ2) is 4.02. The van der Waals surface area contributed by atoms with E-state index in [1.54, 1.807) is 0 Å². The molecular formula is C19H26O. The second-order valence-electron chi connectivity index (χ2n) is 8.01. The quantitative estimate of drug-likeness (QED) is 0.602. The van der Waals surface area contributed by atoms with Gasteiger partial charge < -0.3 is 5.11 Å². The van der Waals surface area contributed by atoms with Gasteiger partial charge in [-0.15, -0.1) is 0 Å². The average molecular weight is 270 g/mol. The van der Waals surface area contributed by atoms with Crippen LogP contribution in [0.2, 0.25) is 0 Å². The van der Waals surface area contributed by atoms with Crippen LogP contribution in [0.25, 0.3) is 0 Å². The van der Waals surface area contributed by atoms with Crippen LogP contribution in [-0.4, -0.2) is 5.11 Å². The molecule has 20 heavy (non-hydrogen) atoms. The summed E-state index contributed by atoms with van der Waals surface area (Å²) in [6.07, 6.45) is 16.7. The molecule has 5 atom stereocenters. The normalized spacial score (nSPS) is 49.8. The first-order valence-electron chi connectivity index (χ1n) is 8.31. The van der Waals surface area contributed by atoms with Crippen LogP contribution in [0.15, 0.2) is 35.6 Å². The Morgan fingerprint density at radius 3 is 2.85 bits per heavy atom. The van der Waals surface area contributed by atoms with Crippen LogP contribution in [0.5, 0.6) is 0 Å². The highest BCUT2D eigenvalue weighted by atomic mass is 16.3. The molecule has 1 N–H and O–H groups in total. The van der Waals surface area contributed by atoms with Crippen molar-refractivity contribution in [1.29, 1.82) is 0 Å². The summed E-state index contributed by atoms with van der Waals surface area (Å²) in [5.74, 6) is 3.13. The summed E-state index contributed by atoms with van der Waals surface area (Å²) in [5.41, 5.74) is 2.21. The predicted molar refractivity (Wildman–Crippen MR) is 82.3 cm³/mol. The molecule has 0 radical (unpaired) electrons. The van der Waals surface area contributed by atoms with Gasteiger partial charge >= 0.3 is 0 Å². The van der Waals surface area contributed by atoms with Crippen molar-refractivity contribution in [3.63, 3.8) is 0 Å². The van der Waals surface area contributed by atoms with Crippen molar-refractivity contribution in [2.24, 2.45) is 28.6 Å². The Hall–Kier alpha value is -0.980. The lowest BCUT2D eigenvalue weighted by Gasteiger charge is -2.56. The van der Waals surface area contributed by atoms with Crippen LogP contribution in [0.1, 0.15) is 52.4 Å². The summed E-state index contributed by atoms with van der Waals surface area (Å²) < 4.78 is 0. The molecule has 1 heteroatoms. The minimum atomic E-state index is 0.319. The zero-order valence-electron chi connectivity index (χ0n) is 12.7. The minimum absolute atomic E-state index is 0.319. The van der Waals surface area contributed by atoms with Gasteiger partial charge in [-0.05, 0) is 72.3 Å². The first-order valence-corrected chi connectivity index (χ1v) is 8.31. The van der Waals surface area contributed by atoms with Crippen molar-refractivity contribution in [3.05, 3.63) is 35.6 Å². The SMILES string of the molecule is CC12C=CCC1C1CC=C3C=C(O)CCC3(C)C1CC2. The molecule has 4 aliphatic carbocycles. The number of rotatable bonds is 0. The van der Waals surface area contributed by atoms with Gasteiger partial charge in [0.15, 0.2) is 0 Å². The zero-order chi connectivity index (χ0) is 14.0. The standard InChI is InChI=1S/C19H26O/c1-18-9-3-4-16(18)15-6-5-13-12-14(20)7-11-19(13,2)17(15)8-10-18/h3,5,9,12,15-17,20H,4,6-8,10-11H2,1-2H3. The topological polar surface area (TPSA) is 20.2 Å². The molecule has 0 aromatic rings. The van der Waals surface area contributed by atoms with Crippen LogP contribution < -0.4 is 0 Å². The van der Waals surface area contributed by atoms with Crippen LogP contribution in [0.4, 0.5) is 0 Å². The number of hydrogen-bond donors (Lipinski definition) is 1. The fraction of sp³-hybridized carbons (Fsp3) is 0.684. The highest BCUT2D eigenvalue weighted by Gasteiger charge is 2.53. The summed E-state index contributed by atoms with van der Waals surface area (Å²) in [4.78, 5) is 0. The van der Waals surface area contributed by atoms with Crippen molar-refractivity contribution in [2.45, 2.75) is 52.4 Å². The van der Waals surface area contributed by atoms with E-state index in [9.17, 15) is 5.11 Å². The van der Waals surface area contributed by atoms with Gasteiger partial charge in [0.1, 0.15) is 0 Å². The molecule has 0 saturated heterocycles. The van der Waals surface area contributed by atoms with Crippen molar-refractivity contribution >= 4 is 0 Å². The molecule has 0 aromatic heterocycles. The molecule has 108 valence electrons. The average Bonchev–Trinajstić information content (AvgIpc) is 2.81. The van der Waals surface area contributed by atoms with E-state index in [0.717, 1.165) is 30.6 Å². The van der Waals surface area contributed by atoms with Crippen molar-refractivity contribution in [1.82, 2.24) is 0 Å². The summed E-state index contributed by atoms with van der Waals surface area (Å²) in [5, 5.41) is 9.86. The highest BCUT2D eigenvalue weighted by Crippen LogP contribution is 2.62. The van der Waals surface area contributed by atoms with Gasteiger partial charge in [0.05, 0.1) is 5.76 Å². The molecule has 1 saturated carbocycles. The molecular weight excluding hydrogens is 244 g/mol. The highest BCUT2D eigenvalue weighted by molar-refractivity contribution is 5.35. The largest absolute Gasteiger partial charge is 0.512 e. The summed E-state index contributed by atoms with van der Waals surface area (Å²) in [6, 6.07) is 0. The molecule has 1 fully saturated rings. The van der Waals surface area contributed by atoms with E-state index in [-0.39, 0.29) is 0 Å². The summed E-state index contributed by atoms with van der Waals surface area (Å²) >= 11 is 0. The van der Waals surface area contributed by atoms with E-state index in [0.29, 0.717) is 16.6 Å².